The number of fused-ring (bicyclic) bond motifs is 1. The Morgan fingerprint density at radius 1 is 0.828 bits per heavy atom. The second-order valence-corrected chi connectivity index (χ2v) is 6.46. The number of para-hydroxylation sites is 1. The molecule has 4 aromatic rings. The maximum Gasteiger partial charge on any atom is 0.349 e. The molecule has 0 saturated heterocycles. The van der Waals surface area contributed by atoms with Crippen LogP contribution in [0.3, 0.4) is 0 Å². The van der Waals surface area contributed by atoms with E-state index in [1.165, 1.54) is 16.7 Å². The molecule has 7 heteroatoms. The average Bonchev–Trinajstić information content (AvgIpc) is 2.77. The highest BCUT2D eigenvalue weighted by atomic mass is 16.5. The molecule has 7 nitrogen and oxygen atoms in total. The zero-order valence-electron chi connectivity index (χ0n) is 15.3. The van der Waals surface area contributed by atoms with Crippen LogP contribution in [0.5, 0.6) is 0 Å². The van der Waals surface area contributed by atoms with Gasteiger partial charge < -0.3 is 10.5 Å². The molecule has 2 N–H and O–H groups in total. The fraction of sp³-hybridized carbons (Fsp3) is 0.0455. The van der Waals surface area contributed by atoms with E-state index in [1.54, 1.807) is 36.4 Å². The number of carbonyl (C=O) groups is 1. The third kappa shape index (κ3) is 3.41. The van der Waals surface area contributed by atoms with E-state index in [0.717, 1.165) is 5.56 Å². The third-order valence-electron chi connectivity index (χ3n) is 4.60. The van der Waals surface area contributed by atoms with Gasteiger partial charge in [0, 0.05) is 17.8 Å². The lowest BCUT2D eigenvalue weighted by Gasteiger charge is -2.13. The van der Waals surface area contributed by atoms with E-state index in [0.29, 0.717) is 17.7 Å². The summed E-state index contributed by atoms with van der Waals surface area (Å²) in [5.41, 5.74) is 0.0818. The lowest BCUT2D eigenvalue weighted by Crippen LogP contribution is -2.40. The number of nitrogens with zero attached hydrogens (tertiary/aromatic N) is 2. The first-order chi connectivity index (χ1) is 14.1. The summed E-state index contributed by atoms with van der Waals surface area (Å²) in [6, 6.07) is 22.5. The number of aromatic nitrogens is 2. The van der Waals surface area contributed by atoms with E-state index >= 15 is 0 Å². The van der Waals surface area contributed by atoms with Gasteiger partial charge in [-0.25, -0.2) is 0 Å². The first-order valence-electron chi connectivity index (χ1n) is 8.95. The molecule has 0 fully saturated rings. The highest BCUT2D eigenvalue weighted by Crippen LogP contribution is 2.17. The Labute approximate surface area is 165 Å². The van der Waals surface area contributed by atoms with Crippen molar-refractivity contribution in [2.75, 3.05) is 0 Å². The molecule has 4 rings (SSSR count). The molecule has 0 aliphatic rings. The van der Waals surface area contributed by atoms with Crippen LogP contribution in [0.15, 0.2) is 88.5 Å². The van der Waals surface area contributed by atoms with Crippen LogP contribution in [0.25, 0.3) is 16.7 Å². The summed E-state index contributed by atoms with van der Waals surface area (Å²) < 4.78 is 1.50. The molecular weight excluding hydrogens is 370 g/mol. The van der Waals surface area contributed by atoms with Crippen LogP contribution in [-0.2, 0) is 6.54 Å². The molecule has 0 unspecified atom stereocenters. The summed E-state index contributed by atoms with van der Waals surface area (Å²) >= 11 is 0. The minimum Gasteiger partial charge on any atom is -0.425 e. The molecule has 1 amide bonds. The van der Waals surface area contributed by atoms with Crippen LogP contribution in [-0.4, -0.2) is 20.4 Å². The summed E-state index contributed by atoms with van der Waals surface area (Å²) in [5, 5.41) is 13.0. The van der Waals surface area contributed by atoms with Gasteiger partial charge in [-0.05, 0) is 35.9 Å². The van der Waals surface area contributed by atoms with Crippen molar-refractivity contribution >= 4 is 16.9 Å². The zero-order chi connectivity index (χ0) is 20.4. The maximum atomic E-state index is 12.5. The molecule has 0 atom stereocenters. The number of hydrogen-bond acceptors (Lipinski definition) is 4. The molecular formula is C22H17N3O4. The minimum absolute atomic E-state index is 0.0609. The van der Waals surface area contributed by atoms with Crippen LogP contribution in [0.1, 0.15) is 15.9 Å². The normalized spacial score (nSPS) is 10.8. The van der Waals surface area contributed by atoms with Crippen LogP contribution >= 0.6 is 0 Å². The highest BCUT2D eigenvalue weighted by Gasteiger charge is 2.16. The van der Waals surface area contributed by atoms with E-state index in [-0.39, 0.29) is 21.7 Å². The number of carbonyl (C=O) groups excluding carboxylic acids is 1. The Hall–Kier alpha value is -4.13. The van der Waals surface area contributed by atoms with Gasteiger partial charge in [-0.3, -0.25) is 19.0 Å². The Kier molecular flexibility index (Phi) is 4.70. The predicted octanol–water partition coefficient (Wildman–Crippen LogP) is 2.32. The molecule has 1 aromatic heterocycles. The van der Waals surface area contributed by atoms with Crippen molar-refractivity contribution in [2.45, 2.75) is 6.54 Å². The van der Waals surface area contributed by atoms with E-state index in [2.05, 4.69) is 5.32 Å². The smallest absolute Gasteiger partial charge is 0.349 e. The number of hydrogen-bond donors (Lipinski definition) is 2. The highest BCUT2D eigenvalue weighted by molar-refractivity contribution is 5.97. The fourth-order valence-electron chi connectivity index (χ4n) is 3.14. The maximum absolute atomic E-state index is 12.5. The number of rotatable bonds is 4. The van der Waals surface area contributed by atoms with E-state index in [9.17, 15) is 19.6 Å². The molecule has 1 heterocycles. The van der Waals surface area contributed by atoms with Gasteiger partial charge in [-0.15, -0.1) is 4.73 Å². The molecule has 0 aliphatic carbocycles. The van der Waals surface area contributed by atoms with Gasteiger partial charge in [0.25, 0.3) is 5.91 Å². The summed E-state index contributed by atoms with van der Waals surface area (Å²) in [6.45, 7) is 0.340. The molecule has 29 heavy (non-hydrogen) atoms. The molecule has 0 bridgehead atoms. The Balaban J connectivity index is 1.77. The molecule has 0 aliphatic heterocycles. The van der Waals surface area contributed by atoms with Gasteiger partial charge in [-0.2, -0.15) is 0 Å². The Morgan fingerprint density at radius 3 is 2.17 bits per heavy atom. The third-order valence-corrected chi connectivity index (χ3v) is 4.60. The van der Waals surface area contributed by atoms with Crippen molar-refractivity contribution in [3.05, 3.63) is 111 Å². The van der Waals surface area contributed by atoms with Crippen molar-refractivity contribution in [1.29, 1.82) is 0 Å². The number of amides is 1. The molecule has 0 spiro atoms. The summed E-state index contributed by atoms with van der Waals surface area (Å²) in [4.78, 5) is 37.3. The van der Waals surface area contributed by atoms with Crippen molar-refractivity contribution in [3.63, 3.8) is 0 Å². The average molecular weight is 387 g/mol. The summed E-state index contributed by atoms with van der Waals surface area (Å²) in [5.74, 6) is -0.360. The second-order valence-electron chi connectivity index (χ2n) is 6.46. The van der Waals surface area contributed by atoms with Crippen LogP contribution in [0.4, 0.5) is 0 Å². The quantitative estimate of drug-likeness (QED) is 0.415. The molecule has 0 radical (unpaired) electrons. The zero-order valence-corrected chi connectivity index (χ0v) is 15.3. The Morgan fingerprint density at radius 2 is 1.48 bits per heavy atom. The van der Waals surface area contributed by atoms with Crippen molar-refractivity contribution in [3.8, 4) is 5.69 Å². The lowest BCUT2D eigenvalue weighted by molar-refractivity contribution is 0.0951. The van der Waals surface area contributed by atoms with Gasteiger partial charge >= 0.3 is 11.1 Å². The minimum atomic E-state index is -1.09. The number of nitrogens with one attached hydrogen (secondary N) is 1. The predicted molar refractivity (Wildman–Crippen MR) is 109 cm³/mol. The van der Waals surface area contributed by atoms with E-state index in [1.807, 2.05) is 30.3 Å². The molecule has 3 aromatic carbocycles. The van der Waals surface area contributed by atoms with Gasteiger partial charge in [0.05, 0.1) is 5.52 Å². The lowest BCUT2D eigenvalue weighted by atomic mass is 10.1. The summed E-state index contributed by atoms with van der Waals surface area (Å²) in [6.07, 6.45) is 0. The van der Waals surface area contributed by atoms with E-state index < -0.39 is 11.1 Å². The Bertz CT molecular complexity index is 1310. The van der Waals surface area contributed by atoms with Gasteiger partial charge in [0.2, 0.25) is 0 Å². The van der Waals surface area contributed by atoms with Crippen LogP contribution in [0.2, 0.25) is 0 Å². The standard InChI is InChI=1S/C22H17N3O4/c26-20(23-14-15-7-3-1-4-8-15)16-11-12-18-19(13-16)25(29)22(28)21(27)24(18)17-9-5-2-6-10-17/h1-13,29H,14H2,(H,23,26). The largest absolute Gasteiger partial charge is 0.425 e. The topological polar surface area (TPSA) is 93.3 Å². The summed E-state index contributed by atoms with van der Waals surface area (Å²) in [7, 11) is 0. The van der Waals surface area contributed by atoms with Crippen molar-refractivity contribution in [1.82, 2.24) is 14.6 Å². The van der Waals surface area contributed by atoms with Gasteiger partial charge in [0.1, 0.15) is 5.52 Å². The SMILES string of the molecule is O=C(NCc1ccccc1)c1ccc2c(c1)n(O)c(=O)c(=O)n2-c1ccccc1. The first kappa shape index (κ1) is 18.2. The first-order valence-corrected chi connectivity index (χ1v) is 8.95. The monoisotopic (exact) mass is 387 g/mol. The van der Waals surface area contributed by atoms with Crippen LogP contribution < -0.4 is 16.4 Å². The van der Waals surface area contributed by atoms with Gasteiger partial charge in [-0.1, -0.05) is 48.5 Å². The van der Waals surface area contributed by atoms with E-state index in [4.69, 9.17) is 0 Å². The molecule has 144 valence electrons. The van der Waals surface area contributed by atoms with Gasteiger partial charge in [0.15, 0.2) is 0 Å². The molecule has 0 saturated carbocycles. The fourth-order valence-corrected chi connectivity index (χ4v) is 3.14. The van der Waals surface area contributed by atoms with Crippen molar-refractivity contribution < 1.29 is 10.0 Å². The second kappa shape index (κ2) is 7.47. The van der Waals surface area contributed by atoms with Crippen LogP contribution in [0, 0.1) is 0 Å². The number of benzene rings is 3. The van der Waals surface area contributed by atoms with Crippen molar-refractivity contribution in [2.24, 2.45) is 0 Å².